The number of hydrogen-bond acceptors (Lipinski definition) is 4. The average molecular weight is 207 g/mol. The zero-order chi connectivity index (χ0) is 10.8. The van der Waals surface area contributed by atoms with Crippen LogP contribution < -0.4 is 0 Å². The van der Waals surface area contributed by atoms with Crippen LogP contribution in [0.1, 0.15) is 5.69 Å². The summed E-state index contributed by atoms with van der Waals surface area (Å²) >= 11 is 0. The number of hydrogen-bond donors (Lipinski definition) is 1. The van der Waals surface area contributed by atoms with E-state index >= 15 is 0 Å². The quantitative estimate of drug-likeness (QED) is 0.742. The lowest BCUT2D eigenvalue weighted by molar-refractivity contribution is -0.136. The van der Waals surface area contributed by atoms with E-state index in [0.717, 1.165) is 0 Å². The fraction of sp³-hybridized carbons (Fsp3) is 0.250. The van der Waals surface area contributed by atoms with Crippen LogP contribution in [0.5, 0.6) is 0 Å². The molecular formula is C8H9N5O2. The molecule has 0 bridgehead atoms. The van der Waals surface area contributed by atoms with Gasteiger partial charge in [0, 0.05) is 19.3 Å². The molecule has 0 spiro atoms. The normalized spacial score (nSPS) is 10.5. The molecule has 78 valence electrons. The van der Waals surface area contributed by atoms with Crippen LogP contribution in [-0.4, -0.2) is 35.9 Å². The molecule has 0 unspecified atom stereocenters. The summed E-state index contributed by atoms with van der Waals surface area (Å²) in [7, 11) is 1.79. The largest absolute Gasteiger partial charge is 0.481 e. The lowest BCUT2D eigenvalue weighted by atomic mass is 10.3. The molecule has 7 heteroatoms. The lowest BCUT2D eigenvalue weighted by Gasteiger charge is -1.91. The first kappa shape index (κ1) is 9.38. The van der Waals surface area contributed by atoms with E-state index in [1.807, 2.05) is 0 Å². The monoisotopic (exact) mass is 207 g/mol. The van der Waals surface area contributed by atoms with Gasteiger partial charge in [-0.2, -0.15) is 5.10 Å². The summed E-state index contributed by atoms with van der Waals surface area (Å²) in [6.45, 7) is 0. The molecule has 15 heavy (non-hydrogen) atoms. The van der Waals surface area contributed by atoms with Crippen LogP contribution in [0.15, 0.2) is 18.5 Å². The van der Waals surface area contributed by atoms with Gasteiger partial charge in [-0.25, -0.2) is 4.68 Å². The van der Waals surface area contributed by atoms with Gasteiger partial charge in [-0.3, -0.25) is 9.48 Å². The van der Waals surface area contributed by atoms with Crippen LogP contribution in [0, 0.1) is 0 Å². The fourth-order valence-corrected chi connectivity index (χ4v) is 1.17. The Morgan fingerprint density at radius 3 is 3.00 bits per heavy atom. The predicted molar refractivity (Wildman–Crippen MR) is 49.5 cm³/mol. The standard InChI is InChI=1S/C8H9N5O2/c1-12-3-2-7(10-12)13-5-6(9-11-13)4-8(14)15/h2-3,5H,4H2,1H3,(H,14,15). The van der Waals surface area contributed by atoms with Crippen molar-refractivity contribution in [3.63, 3.8) is 0 Å². The molecule has 0 fully saturated rings. The maximum absolute atomic E-state index is 10.4. The minimum atomic E-state index is -0.928. The molecule has 0 amide bonds. The lowest BCUT2D eigenvalue weighted by Crippen LogP contribution is -2.00. The maximum Gasteiger partial charge on any atom is 0.309 e. The summed E-state index contributed by atoms with van der Waals surface area (Å²) in [5.74, 6) is -0.315. The Balaban J connectivity index is 2.23. The van der Waals surface area contributed by atoms with E-state index in [4.69, 9.17) is 5.11 Å². The third kappa shape index (κ3) is 2.01. The molecular weight excluding hydrogens is 198 g/mol. The van der Waals surface area contributed by atoms with Crippen molar-refractivity contribution >= 4 is 5.97 Å². The van der Waals surface area contributed by atoms with Crippen LogP contribution in [0.25, 0.3) is 5.82 Å². The molecule has 2 aromatic rings. The summed E-state index contributed by atoms with van der Waals surface area (Å²) in [4.78, 5) is 10.4. The Labute approximate surface area is 84.9 Å². The SMILES string of the molecule is Cn1ccc(-n2cc(CC(=O)O)nn2)n1. The van der Waals surface area contributed by atoms with Crippen molar-refractivity contribution in [1.29, 1.82) is 0 Å². The van der Waals surface area contributed by atoms with E-state index < -0.39 is 5.97 Å². The highest BCUT2D eigenvalue weighted by atomic mass is 16.4. The fourth-order valence-electron chi connectivity index (χ4n) is 1.17. The van der Waals surface area contributed by atoms with Crippen LogP contribution in [-0.2, 0) is 18.3 Å². The minimum absolute atomic E-state index is 0.132. The molecule has 7 nitrogen and oxygen atoms in total. The number of carbonyl (C=O) groups is 1. The number of nitrogens with zero attached hydrogens (tertiary/aromatic N) is 5. The van der Waals surface area contributed by atoms with Crippen LogP contribution in [0.2, 0.25) is 0 Å². The summed E-state index contributed by atoms with van der Waals surface area (Å²) in [5, 5.41) is 20.2. The molecule has 0 aromatic carbocycles. The van der Waals surface area contributed by atoms with Crippen molar-refractivity contribution < 1.29 is 9.90 Å². The van der Waals surface area contributed by atoms with Crippen molar-refractivity contribution in [2.75, 3.05) is 0 Å². The van der Waals surface area contributed by atoms with Crippen molar-refractivity contribution in [2.45, 2.75) is 6.42 Å². The number of rotatable bonds is 3. The van der Waals surface area contributed by atoms with Gasteiger partial charge < -0.3 is 5.11 Å². The van der Waals surface area contributed by atoms with Gasteiger partial charge in [0.25, 0.3) is 0 Å². The second kappa shape index (κ2) is 3.52. The molecule has 2 heterocycles. The van der Waals surface area contributed by atoms with Crippen molar-refractivity contribution in [3.05, 3.63) is 24.2 Å². The molecule has 0 atom stereocenters. The van der Waals surface area contributed by atoms with Gasteiger partial charge in [0.05, 0.1) is 18.3 Å². The summed E-state index contributed by atoms with van der Waals surface area (Å²) in [6.07, 6.45) is 3.19. The number of aryl methyl sites for hydroxylation is 1. The van der Waals surface area contributed by atoms with E-state index in [9.17, 15) is 4.79 Å². The number of aromatic nitrogens is 5. The molecule has 0 saturated carbocycles. The van der Waals surface area contributed by atoms with Crippen molar-refractivity contribution in [2.24, 2.45) is 7.05 Å². The van der Waals surface area contributed by atoms with Crippen LogP contribution in [0.3, 0.4) is 0 Å². The van der Waals surface area contributed by atoms with Crippen LogP contribution in [0.4, 0.5) is 0 Å². The maximum atomic E-state index is 10.4. The minimum Gasteiger partial charge on any atom is -0.481 e. The average Bonchev–Trinajstić information content (AvgIpc) is 2.72. The smallest absolute Gasteiger partial charge is 0.309 e. The highest BCUT2D eigenvalue weighted by molar-refractivity contribution is 5.69. The summed E-state index contributed by atoms with van der Waals surface area (Å²) in [5.41, 5.74) is 0.410. The molecule has 0 saturated heterocycles. The van der Waals surface area contributed by atoms with Gasteiger partial charge in [0.1, 0.15) is 0 Å². The Kier molecular flexibility index (Phi) is 2.20. The topological polar surface area (TPSA) is 85.8 Å². The first-order chi connectivity index (χ1) is 7.15. The number of aliphatic carboxylic acids is 1. The van der Waals surface area contributed by atoms with Gasteiger partial charge in [-0.05, 0) is 0 Å². The van der Waals surface area contributed by atoms with E-state index in [-0.39, 0.29) is 6.42 Å². The second-order valence-corrected chi connectivity index (χ2v) is 3.07. The number of carboxylic acid groups (broad SMARTS) is 1. The zero-order valence-corrected chi connectivity index (χ0v) is 8.03. The van der Waals surface area contributed by atoms with Gasteiger partial charge >= 0.3 is 5.97 Å². The zero-order valence-electron chi connectivity index (χ0n) is 8.03. The van der Waals surface area contributed by atoms with E-state index in [0.29, 0.717) is 11.5 Å². The molecule has 0 aliphatic carbocycles. The molecule has 2 aromatic heterocycles. The summed E-state index contributed by atoms with van der Waals surface area (Å²) in [6, 6.07) is 1.76. The van der Waals surface area contributed by atoms with Gasteiger partial charge in [0.2, 0.25) is 0 Å². The Morgan fingerprint density at radius 1 is 1.60 bits per heavy atom. The van der Waals surface area contributed by atoms with Crippen LogP contribution >= 0.6 is 0 Å². The molecule has 0 aliphatic rings. The third-order valence-corrected chi connectivity index (χ3v) is 1.81. The third-order valence-electron chi connectivity index (χ3n) is 1.81. The first-order valence-electron chi connectivity index (χ1n) is 4.28. The molecule has 0 aliphatic heterocycles. The first-order valence-corrected chi connectivity index (χ1v) is 4.28. The van der Waals surface area contributed by atoms with Crippen molar-refractivity contribution in [1.82, 2.24) is 24.8 Å². The highest BCUT2D eigenvalue weighted by Crippen LogP contribution is 2.03. The van der Waals surface area contributed by atoms with Crippen molar-refractivity contribution in [3.8, 4) is 5.82 Å². The Morgan fingerprint density at radius 2 is 2.40 bits per heavy atom. The van der Waals surface area contributed by atoms with E-state index in [2.05, 4.69) is 15.4 Å². The van der Waals surface area contributed by atoms with E-state index in [1.54, 1.807) is 30.2 Å². The van der Waals surface area contributed by atoms with Gasteiger partial charge in [-0.1, -0.05) is 5.21 Å². The Hall–Kier alpha value is -2.18. The van der Waals surface area contributed by atoms with Gasteiger partial charge in [-0.15, -0.1) is 5.10 Å². The number of carboxylic acids is 1. The molecule has 0 radical (unpaired) electrons. The summed E-state index contributed by atoms with van der Waals surface area (Å²) < 4.78 is 3.08. The Bertz CT molecular complexity index is 487. The predicted octanol–water partition coefficient (Wildman–Crippen LogP) is -0.372. The van der Waals surface area contributed by atoms with Gasteiger partial charge in [0.15, 0.2) is 5.82 Å². The van der Waals surface area contributed by atoms with E-state index in [1.165, 1.54) is 4.68 Å². The molecule has 2 rings (SSSR count). The highest BCUT2D eigenvalue weighted by Gasteiger charge is 2.07. The molecule has 1 N–H and O–H groups in total. The second-order valence-electron chi connectivity index (χ2n) is 3.07.